The number of halogens is 2. The molecule has 0 aromatic heterocycles. The molecule has 1 rings (SSSR count). The molecule has 0 aliphatic heterocycles. The molecule has 0 amide bonds. The molecule has 3 heteroatoms. The minimum Gasteiger partial charge on any atom is -0.399 e. The zero-order valence-electron chi connectivity index (χ0n) is 5.22. The lowest BCUT2D eigenvalue weighted by Crippen LogP contribution is -1.86. The Morgan fingerprint density at radius 2 is 2.20 bits per heavy atom. The van der Waals surface area contributed by atoms with Crippen molar-refractivity contribution in [1.29, 1.82) is 0 Å². The highest BCUT2D eigenvalue weighted by molar-refractivity contribution is 14.1. The van der Waals surface area contributed by atoms with Gasteiger partial charge in [0.05, 0.1) is 0 Å². The van der Waals surface area contributed by atoms with Crippen molar-refractivity contribution in [2.75, 3.05) is 5.73 Å². The largest absolute Gasteiger partial charge is 0.399 e. The molecule has 1 atom stereocenters. The second-order valence-corrected chi connectivity index (χ2v) is 3.06. The second-order valence-electron chi connectivity index (χ2n) is 1.97. The molecular formula is C7H7FIN. The Kier molecular flexibility index (Phi) is 2.48. The number of anilines is 1. The highest BCUT2D eigenvalue weighted by Gasteiger charge is 2.02. The molecule has 0 saturated heterocycles. The molecule has 0 saturated carbocycles. The molecule has 0 bridgehead atoms. The fourth-order valence-electron chi connectivity index (χ4n) is 0.695. The van der Waals surface area contributed by atoms with E-state index in [4.69, 9.17) is 5.73 Å². The number of hydrogen-bond donors (Lipinski definition) is 1. The van der Waals surface area contributed by atoms with E-state index in [1.165, 1.54) is 0 Å². The molecule has 0 fully saturated rings. The molecule has 0 aliphatic carbocycles. The molecule has 1 aromatic rings. The van der Waals surface area contributed by atoms with Crippen molar-refractivity contribution in [3.63, 3.8) is 0 Å². The zero-order chi connectivity index (χ0) is 7.56. The van der Waals surface area contributed by atoms with Crippen LogP contribution in [0.2, 0.25) is 0 Å². The first-order valence-corrected chi connectivity index (χ1v) is 4.08. The first kappa shape index (κ1) is 7.78. The molecule has 1 nitrogen and oxygen atoms in total. The smallest absolute Gasteiger partial charge is 0.176 e. The maximum Gasteiger partial charge on any atom is 0.176 e. The van der Waals surface area contributed by atoms with Gasteiger partial charge in [0.15, 0.2) is 4.18 Å². The van der Waals surface area contributed by atoms with Gasteiger partial charge in [-0.2, -0.15) is 0 Å². The zero-order valence-corrected chi connectivity index (χ0v) is 7.38. The number of nitrogens with two attached hydrogens (primary N) is 1. The molecule has 54 valence electrons. The van der Waals surface area contributed by atoms with Gasteiger partial charge in [-0.05, 0) is 40.3 Å². The van der Waals surface area contributed by atoms with Crippen LogP contribution in [0.25, 0.3) is 0 Å². The van der Waals surface area contributed by atoms with E-state index in [-0.39, 0.29) is 0 Å². The SMILES string of the molecule is Nc1cccc(C(F)I)c1. The molecule has 0 heterocycles. The molecule has 0 spiro atoms. The monoisotopic (exact) mass is 251 g/mol. The molecule has 2 N–H and O–H groups in total. The lowest BCUT2D eigenvalue weighted by Gasteiger charge is -1.99. The number of nitrogen functional groups attached to an aromatic ring is 1. The Balaban J connectivity index is 2.96. The molecule has 10 heavy (non-hydrogen) atoms. The van der Waals surface area contributed by atoms with E-state index in [1.54, 1.807) is 46.9 Å². The Morgan fingerprint density at radius 3 is 2.60 bits per heavy atom. The van der Waals surface area contributed by atoms with E-state index in [0.717, 1.165) is 0 Å². The third-order valence-electron chi connectivity index (χ3n) is 1.16. The molecule has 0 aliphatic rings. The lowest BCUT2D eigenvalue weighted by atomic mass is 10.2. The van der Waals surface area contributed by atoms with Crippen molar-refractivity contribution in [1.82, 2.24) is 0 Å². The maximum absolute atomic E-state index is 12.5. The summed E-state index contributed by atoms with van der Waals surface area (Å²) in [7, 11) is 0. The van der Waals surface area contributed by atoms with Crippen LogP contribution in [-0.4, -0.2) is 0 Å². The van der Waals surface area contributed by atoms with Gasteiger partial charge in [-0.3, -0.25) is 0 Å². The number of alkyl halides is 2. The Hall–Kier alpha value is -0.320. The second kappa shape index (κ2) is 3.18. The summed E-state index contributed by atoms with van der Waals surface area (Å²) >= 11 is 1.70. The van der Waals surface area contributed by atoms with E-state index in [2.05, 4.69) is 0 Å². The van der Waals surface area contributed by atoms with Crippen LogP contribution < -0.4 is 5.73 Å². The van der Waals surface area contributed by atoms with Crippen LogP contribution >= 0.6 is 22.6 Å². The van der Waals surface area contributed by atoms with E-state index >= 15 is 0 Å². The molecular weight excluding hydrogens is 244 g/mol. The van der Waals surface area contributed by atoms with Crippen LogP contribution in [0.1, 0.15) is 9.74 Å². The van der Waals surface area contributed by atoms with E-state index < -0.39 is 4.18 Å². The van der Waals surface area contributed by atoms with Crippen LogP contribution in [0.5, 0.6) is 0 Å². The molecule has 0 radical (unpaired) electrons. The van der Waals surface area contributed by atoms with Gasteiger partial charge in [-0.25, -0.2) is 4.39 Å². The summed E-state index contributed by atoms with van der Waals surface area (Å²) in [5.41, 5.74) is 6.66. The third-order valence-corrected chi connectivity index (χ3v) is 1.88. The van der Waals surface area contributed by atoms with Gasteiger partial charge in [-0.15, -0.1) is 0 Å². The van der Waals surface area contributed by atoms with E-state index in [0.29, 0.717) is 11.3 Å². The van der Waals surface area contributed by atoms with E-state index in [9.17, 15) is 4.39 Å². The minimum atomic E-state index is -0.957. The summed E-state index contributed by atoms with van der Waals surface area (Å²) < 4.78 is 11.6. The van der Waals surface area contributed by atoms with Crippen LogP contribution in [0, 0.1) is 0 Å². The number of rotatable bonds is 1. The van der Waals surface area contributed by atoms with Gasteiger partial charge in [-0.1, -0.05) is 12.1 Å². The highest BCUT2D eigenvalue weighted by atomic mass is 127. The summed E-state index contributed by atoms with van der Waals surface area (Å²) in [6, 6.07) is 6.84. The normalized spacial score (nSPS) is 13.0. The van der Waals surface area contributed by atoms with E-state index in [1.807, 2.05) is 0 Å². The number of benzene rings is 1. The van der Waals surface area contributed by atoms with Gasteiger partial charge in [0.25, 0.3) is 0 Å². The fourth-order valence-corrected chi connectivity index (χ4v) is 1.08. The predicted octanol–water partition coefficient (Wildman–Crippen LogP) is 2.67. The Bertz CT molecular complexity index is 225. The average molecular weight is 251 g/mol. The lowest BCUT2D eigenvalue weighted by molar-refractivity contribution is 0.491. The Labute approximate surface area is 72.6 Å². The summed E-state index contributed by atoms with van der Waals surface area (Å²) in [5.74, 6) is 0. The van der Waals surface area contributed by atoms with Crippen molar-refractivity contribution in [3.8, 4) is 0 Å². The topological polar surface area (TPSA) is 26.0 Å². The molecule has 1 aromatic carbocycles. The van der Waals surface area contributed by atoms with Crippen LogP contribution in [0.3, 0.4) is 0 Å². The van der Waals surface area contributed by atoms with Gasteiger partial charge in [0, 0.05) is 5.69 Å². The van der Waals surface area contributed by atoms with Gasteiger partial charge in [0.2, 0.25) is 0 Å². The van der Waals surface area contributed by atoms with Crippen LogP contribution in [0.15, 0.2) is 24.3 Å². The molecule has 1 unspecified atom stereocenters. The summed E-state index contributed by atoms with van der Waals surface area (Å²) in [6.45, 7) is 0. The number of hydrogen-bond acceptors (Lipinski definition) is 1. The van der Waals surface area contributed by atoms with Crippen LogP contribution in [0.4, 0.5) is 10.1 Å². The van der Waals surface area contributed by atoms with Crippen molar-refractivity contribution in [2.45, 2.75) is 4.18 Å². The quantitative estimate of drug-likeness (QED) is 0.463. The average Bonchev–Trinajstić information content (AvgIpc) is 1.88. The van der Waals surface area contributed by atoms with Gasteiger partial charge >= 0.3 is 0 Å². The third kappa shape index (κ3) is 1.83. The van der Waals surface area contributed by atoms with Crippen molar-refractivity contribution >= 4 is 28.3 Å². The van der Waals surface area contributed by atoms with Gasteiger partial charge < -0.3 is 5.73 Å². The fraction of sp³-hybridized carbons (Fsp3) is 0.143. The van der Waals surface area contributed by atoms with Gasteiger partial charge in [0.1, 0.15) is 0 Å². The Morgan fingerprint density at radius 1 is 1.50 bits per heavy atom. The van der Waals surface area contributed by atoms with Crippen molar-refractivity contribution < 1.29 is 4.39 Å². The maximum atomic E-state index is 12.5. The first-order valence-electron chi connectivity index (χ1n) is 2.84. The van der Waals surface area contributed by atoms with Crippen molar-refractivity contribution in [2.24, 2.45) is 0 Å². The summed E-state index contributed by atoms with van der Waals surface area (Å²) in [4.78, 5) is 0. The minimum absolute atomic E-state index is 0.608. The summed E-state index contributed by atoms with van der Waals surface area (Å²) in [5, 5.41) is 0. The standard InChI is InChI=1S/C7H7FIN/c8-7(9)5-2-1-3-6(10)4-5/h1-4,7H,10H2. The summed E-state index contributed by atoms with van der Waals surface area (Å²) in [6.07, 6.45) is 0. The highest BCUT2D eigenvalue weighted by Crippen LogP contribution is 2.25. The van der Waals surface area contributed by atoms with Crippen LogP contribution in [-0.2, 0) is 0 Å². The first-order chi connectivity index (χ1) is 4.70. The van der Waals surface area contributed by atoms with Crippen molar-refractivity contribution in [3.05, 3.63) is 29.8 Å². The predicted molar refractivity (Wildman–Crippen MR) is 48.7 cm³/mol.